The van der Waals surface area contributed by atoms with Crippen LogP contribution in [0, 0.1) is 6.92 Å². The predicted molar refractivity (Wildman–Crippen MR) is 102 cm³/mol. The van der Waals surface area contributed by atoms with Crippen LogP contribution >= 0.6 is 11.8 Å². The van der Waals surface area contributed by atoms with Crippen LogP contribution in [0.2, 0.25) is 0 Å². The van der Waals surface area contributed by atoms with Crippen LogP contribution in [0.3, 0.4) is 0 Å². The van der Waals surface area contributed by atoms with Crippen molar-refractivity contribution < 1.29 is 9.59 Å². The maximum absolute atomic E-state index is 12.5. The number of rotatable bonds is 9. The maximum Gasteiger partial charge on any atom is 0.242 e. The summed E-state index contributed by atoms with van der Waals surface area (Å²) < 4.78 is 0. The van der Waals surface area contributed by atoms with Crippen LogP contribution in [0.25, 0.3) is 0 Å². The molecule has 0 aliphatic heterocycles. The lowest BCUT2D eigenvalue weighted by Gasteiger charge is -2.27. The zero-order chi connectivity index (χ0) is 18.2. The van der Waals surface area contributed by atoms with Gasteiger partial charge in [-0.15, -0.1) is 0 Å². The second-order valence-electron chi connectivity index (χ2n) is 6.73. The topological polar surface area (TPSA) is 58.2 Å². The average Bonchev–Trinajstić information content (AvgIpc) is 2.56. The number of carbonyl (C=O) groups is 2. The zero-order valence-electron chi connectivity index (χ0n) is 15.4. The Morgan fingerprint density at radius 2 is 2.00 bits per heavy atom. The average molecular weight is 351 g/mol. The lowest BCUT2D eigenvalue weighted by Crippen LogP contribution is -2.49. The summed E-state index contributed by atoms with van der Waals surface area (Å²) >= 11 is 1.67. The summed E-state index contributed by atoms with van der Waals surface area (Å²) in [5, 5.41) is 5.84. The molecular formula is C19H30N2O2S. The molecule has 0 radical (unpaired) electrons. The van der Waals surface area contributed by atoms with Gasteiger partial charge < -0.3 is 10.6 Å². The van der Waals surface area contributed by atoms with Gasteiger partial charge in [-0.05, 0) is 30.9 Å². The smallest absolute Gasteiger partial charge is 0.242 e. The third-order valence-electron chi connectivity index (χ3n) is 4.09. The minimum Gasteiger partial charge on any atom is -0.353 e. The second-order valence-corrected chi connectivity index (χ2v) is 7.71. The molecule has 0 saturated carbocycles. The van der Waals surface area contributed by atoms with Crippen LogP contribution in [0.1, 0.15) is 44.7 Å². The van der Waals surface area contributed by atoms with Gasteiger partial charge in [-0.2, -0.15) is 11.8 Å². The fraction of sp³-hybridized carbons (Fsp3) is 0.579. The molecule has 5 heteroatoms. The number of aryl methyl sites for hydroxylation is 1. The van der Waals surface area contributed by atoms with Crippen LogP contribution in [-0.2, 0) is 15.0 Å². The highest BCUT2D eigenvalue weighted by Gasteiger charge is 2.25. The number of hydrogen-bond acceptors (Lipinski definition) is 3. The molecule has 1 atom stereocenters. The Bertz CT molecular complexity index is 558. The van der Waals surface area contributed by atoms with Crippen LogP contribution in [-0.4, -0.2) is 36.4 Å². The highest BCUT2D eigenvalue weighted by Crippen LogP contribution is 2.23. The number of carbonyl (C=O) groups excluding carboxylic acids is 2. The number of nitrogens with one attached hydrogen (secondary N) is 2. The first-order valence-electron chi connectivity index (χ1n) is 8.43. The molecule has 2 N–H and O–H groups in total. The van der Waals surface area contributed by atoms with E-state index >= 15 is 0 Å². The first-order valence-corrected chi connectivity index (χ1v) is 9.82. The van der Waals surface area contributed by atoms with Gasteiger partial charge in [0.15, 0.2) is 0 Å². The minimum absolute atomic E-state index is 0.0887. The highest BCUT2D eigenvalue weighted by molar-refractivity contribution is 7.98. The molecule has 0 saturated heterocycles. The first-order chi connectivity index (χ1) is 11.3. The van der Waals surface area contributed by atoms with Crippen LogP contribution < -0.4 is 10.6 Å². The van der Waals surface area contributed by atoms with Crippen molar-refractivity contribution in [3.05, 3.63) is 35.4 Å². The summed E-state index contributed by atoms with van der Waals surface area (Å²) in [6, 6.07) is 7.88. The number of thioether (sulfide) groups is 1. The molecule has 0 aliphatic carbocycles. The molecule has 134 valence electrons. The Labute approximate surface area is 150 Å². The molecular weight excluding hydrogens is 320 g/mol. The van der Waals surface area contributed by atoms with E-state index in [1.54, 1.807) is 18.7 Å². The number of hydrogen-bond donors (Lipinski definition) is 2. The summed E-state index contributed by atoms with van der Waals surface area (Å²) in [6.45, 7) is 8.62. The van der Waals surface area contributed by atoms with E-state index in [4.69, 9.17) is 0 Å². The first kappa shape index (κ1) is 20.6. The van der Waals surface area contributed by atoms with Crippen LogP contribution in [0.15, 0.2) is 24.3 Å². The summed E-state index contributed by atoms with van der Waals surface area (Å²) in [4.78, 5) is 24.2. The summed E-state index contributed by atoms with van der Waals surface area (Å²) in [5.41, 5.74) is 2.24. The molecule has 0 aromatic heterocycles. The van der Waals surface area contributed by atoms with Crippen molar-refractivity contribution >= 4 is 23.6 Å². The fourth-order valence-electron chi connectivity index (χ4n) is 2.40. The van der Waals surface area contributed by atoms with Crippen molar-refractivity contribution in [3.8, 4) is 0 Å². The molecule has 1 rings (SSSR count). The quantitative estimate of drug-likeness (QED) is 0.720. The lowest BCUT2D eigenvalue weighted by molar-refractivity contribution is -0.129. The van der Waals surface area contributed by atoms with Crippen molar-refractivity contribution in [1.29, 1.82) is 0 Å². The predicted octanol–water partition coefficient (Wildman–Crippen LogP) is 3.04. The molecule has 24 heavy (non-hydrogen) atoms. The number of amides is 2. The zero-order valence-corrected chi connectivity index (χ0v) is 16.3. The Morgan fingerprint density at radius 3 is 2.58 bits per heavy atom. The van der Waals surface area contributed by atoms with E-state index in [-0.39, 0.29) is 17.2 Å². The van der Waals surface area contributed by atoms with Crippen LogP contribution in [0.5, 0.6) is 0 Å². The van der Waals surface area contributed by atoms with Gasteiger partial charge in [0.25, 0.3) is 0 Å². The van der Waals surface area contributed by atoms with E-state index in [0.29, 0.717) is 19.4 Å². The van der Waals surface area contributed by atoms with Crippen LogP contribution in [0.4, 0.5) is 0 Å². The van der Waals surface area contributed by atoms with Crippen molar-refractivity contribution in [3.63, 3.8) is 0 Å². The van der Waals surface area contributed by atoms with Gasteiger partial charge in [0, 0.05) is 18.4 Å². The SMILES string of the molecule is CCC(=O)N[C@H](CCSC)C(=O)NCC(C)(C)c1cccc(C)c1. The molecule has 0 unspecified atom stereocenters. The maximum atomic E-state index is 12.5. The van der Waals surface area contributed by atoms with E-state index < -0.39 is 6.04 Å². The summed E-state index contributed by atoms with van der Waals surface area (Å²) in [6.07, 6.45) is 3.03. The Balaban J connectivity index is 2.70. The van der Waals surface area contributed by atoms with Gasteiger partial charge >= 0.3 is 0 Å². The van der Waals surface area contributed by atoms with Gasteiger partial charge in [-0.1, -0.05) is 50.6 Å². The van der Waals surface area contributed by atoms with Gasteiger partial charge in [0.05, 0.1) is 0 Å². The third kappa shape index (κ3) is 6.56. The standard InChI is InChI=1S/C19H30N2O2S/c1-6-17(22)21-16(10-11-24-5)18(23)20-13-19(3,4)15-9-7-8-14(2)12-15/h7-9,12,16H,6,10-11,13H2,1-5H3,(H,20,23)(H,21,22)/t16-/m1/s1. The Morgan fingerprint density at radius 1 is 1.29 bits per heavy atom. The molecule has 1 aromatic rings. The van der Waals surface area contributed by atoms with Gasteiger partial charge in [0.1, 0.15) is 6.04 Å². The summed E-state index contributed by atoms with van der Waals surface area (Å²) in [7, 11) is 0. The molecule has 0 bridgehead atoms. The molecule has 4 nitrogen and oxygen atoms in total. The molecule has 1 aromatic carbocycles. The number of benzene rings is 1. The molecule has 2 amide bonds. The van der Waals surface area contributed by atoms with E-state index in [2.05, 4.69) is 49.6 Å². The largest absolute Gasteiger partial charge is 0.353 e. The Hall–Kier alpha value is -1.49. The summed E-state index contributed by atoms with van der Waals surface area (Å²) in [5.74, 6) is 0.643. The van der Waals surface area contributed by atoms with E-state index in [1.807, 2.05) is 12.3 Å². The highest BCUT2D eigenvalue weighted by atomic mass is 32.2. The molecule has 0 fully saturated rings. The van der Waals surface area contributed by atoms with E-state index in [0.717, 1.165) is 5.75 Å². The molecule has 0 heterocycles. The van der Waals surface area contributed by atoms with Crippen molar-refractivity contribution in [2.45, 2.75) is 52.0 Å². The Kier molecular flexibility index (Phi) is 8.32. The molecule has 0 spiro atoms. The third-order valence-corrected chi connectivity index (χ3v) is 4.73. The van der Waals surface area contributed by atoms with Crippen molar-refractivity contribution in [2.75, 3.05) is 18.6 Å². The van der Waals surface area contributed by atoms with Gasteiger partial charge in [-0.3, -0.25) is 9.59 Å². The van der Waals surface area contributed by atoms with E-state index in [1.165, 1.54) is 11.1 Å². The second kappa shape index (κ2) is 9.72. The minimum atomic E-state index is -0.460. The van der Waals surface area contributed by atoms with E-state index in [9.17, 15) is 9.59 Å². The van der Waals surface area contributed by atoms with Gasteiger partial charge in [-0.25, -0.2) is 0 Å². The lowest BCUT2D eigenvalue weighted by atomic mass is 9.84. The van der Waals surface area contributed by atoms with Gasteiger partial charge in [0.2, 0.25) is 11.8 Å². The monoisotopic (exact) mass is 350 g/mol. The van der Waals surface area contributed by atoms with Crippen molar-refractivity contribution in [1.82, 2.24) is 10.6 Å². The normalized spacial score (nSPS) is 12.5. The fourth-order valence-corrected chi connectivity index (χ4v) is 2.87. The molecule has 0 aliphatic rings. The van der Waals surface area contributed by atoms with Crippen molar-refractivity contribution in [2.24, 2.45) is 0 Å².